The van der Waals surface area contributed by atoms with E-state index in [4.69, 9.17) is 10.1 Å². The van der Waals surface area contributed by atoms with Gasteiger partial charge in [-0.3, -0.25) is 10.2 Å². The van der Waals surface area contributed by atoms with E-state index in [0.29, 0.717) is 15.0 Å². The predicted molar refractivity (Wildman–Crippen MR) is 119 cm³/mol. The summed E-state index contributed by atoms with van der Waals surface area (Å²) in [5, 5.41) is 18.2. The van der Waals surface area contributed by atoms with Crippen molar-refractivity contribution in [2.75, 3.05) is 7.11 Å². The lowest BCUT2D eigenvalue weighted by molar-refractivity contribution is -0.114. The molecule has 130 valence electrons. The third kappa shape index (κ3) is 3.93. The SMILES string of the molecule is CCc1nnc([C@H]2C(=N)S/C(=C\c3cc(I)c(OC)c(I)c3)C2=O)s1. The number of allylic oxidation sites excluding steroid dienone is 1. The molecule has 5 nitrogen and oxygen atoms in total. The lowest BCUT2D eigenvalue weighted by Gasteiger charge is -2.07. The molecule has 1 fully saturated rings. The van der Waals surface area contributed by atoms with Gasteiger partial charge in [-0.15, -0.1) is 21.5 Å². The lowest BCUT2D eigenvalue weighted by Crippen LogP contribution is -2.11. The van der Waals surface area contributed by atoms with Crippen LogP contribution in [-0.2, 0) is 11.2 Å². The number of carbonyl (C=O) groups is 1. The molecule has 1 aliphatic rings. The number of ketones is 1. The minimum Gasteiger partial charge on any atom is -0.495 e. The summed E-state index contributed by atoms with van der Waals surface area (Å²) in [4.78, 5) is 13.4. The first-order valence-electron chi connectivity index (χ1n) is 7.32. The quantitative estimate of drug-likeness (QED) is 0.408. The van der Waals surface area contributed by atoms with Crippen LogP contribution in [0.25, 0.3) is 6.08 Å². The molecule has 0 unspecified atom stereocenters. The van der Waals surface area contributed by atoms with Crippen LogP contribution in [-0.4, -0.2) is 28.1 Å². The number of hydrogen-bond acceptors (Lipinski definition) is 7. The summed E-state index contributed by atoms with van der Waals surface area (Å²) in [5.41, 5.74) is 0.922. The number of aryl methyl sites for hydroxylation is 1. The van der Waals surface area contributed by atoms with Gasteiger partial charge >= 0.3 is 0 Å². The zero-order valence-electron chi connectivity index (χ0n) is 13.3. The number of rotatable bonds is 4. The summed E-state index contributed by atoms with van der Waals surface area (Å²) >= 11 is 7.06. The van der Waals surface area contributed by atoms with Gasteiger partial charge in [-0.05, 0) is 75.4 Å². The number of nitrogens with one attached hydrogen (secondary N) is 1. The van der Waals surface area contributed by atoms with Crippen LogP contribution in [0.5, 0.6) is 5.75 Å². The van der Waals surface area contributed by atoms with Crippen molar-refractivity contribution in [1.29, 1.82) is 5.41 Å². The van der Waals surface area contributed by atoms with Gasteiger partial charge in [-0.1, -0.05) is 18.7 Å². The number of thioether (sulfide) groups is 1. The Morgan fingerprint density at radius 2 is 2.00 bits per heavy atom. The van der Waals surface area contributed by atoms with Crippen LogP contribution >= 0.6 is 68.3 Å². The largest absolute Gasteiger partial charge is 0.495 e. The zero-order chi connectivity index (χ0) is 18.1. The molecule has 0 saturated carbocycles. The lowest BCUT2D eigenvalue weighted by atomic mass is 10.1. The van der Waals surface area contributed by atoms with Gasteiger partial charge in [0.2, 0.25) is 0 Å². The van der Waals surface area contributed by atoms with Gasteiger partial charge in [-0.25, -0.2) is 0 Å². The molecule has 0 aliphatic carbocycles. The number of halogens is 2. The molecule has 1 aromatic heterocycles. The number of hydrogen-bond donors (Lipinski definition) is 1. The predicted octanol–water partition coefficient (Wildman–Crippen LogP) is 4.74. The highest BCUT2D eigenvalue weighted by molar-refractivity contribution is 14.1. The Labute approximate surface area is 180 Å². The maximum absolute atomic E-state index is 12.8. The fourth-order valence-corrected chi connectivity index (χ4v) is 6.56. The van der Waals surface area contributed by atoms with E-state index in [1.165, 1.54) is 23.1 Å². The first-order valence-corrected chi connectivity index (χ1v) is 11.1. The van der Waals surface area contributed by atoms with Gasteiger partial charge in [0.1, 0.15) is 21.7 Å². The van der Waals surface area contributed by atoms with Gasteiger partial charge in [0.25, 0.3) is 0 Å². The zero-order valence-corrected chi connectivity index (χ0v) is 19.2. The van der Waals surface area contributed by atoms with Crippen molar-refractivity contribution < 1.29 is 9.53 Å². The Morgan fingerprint density at radius 1 is 1.32 bits per heavy atom. The number of Topliss-reactive ketones (excluding diaryl/α,β-unsaturated/α-hetero) is 1. The van der Waals surface area contributed by atoms with Crippen molar-refractivity contribution in [3.8, 4) is 5.75 Å². The molecular weight excluding hydrogens is 584 g/mol. The molecule has 1 saturated heterocycles. The molecule has 0 radical (unpaired) electrons. The monoisotopic (exact) mass is 597 g/mol. The molecule has 2 aromatic rings. The second-order valence-corrected chi connectivity index (χ2v) is 9.68. The maximum Gasteiger partial charge on any atom is 0.186 e. The highest BCUT2D eigenvalue weighted by Crippen LogP contribution is 2.42. The third-order valence-corrected chi connectivity index (χ3v) is 7.27. The molecule has 9 heteroatoms. The molecule has 25 heavy (non-hydrogen) atoms. The summed E-state index contributed by atoms with van der Waals surface area (Å²) < 4.78 is 7.34. The molecule has 0 spiro atoms. The van der Waals surface area contributed by atoms with Crippen LogP contribution in [0.15, 0.2) is 17.0 Å². The smallest absolute Gasteiger partial charge is 0.186 e. The Bertz CT molecular complexity index is 872. The van der Waals surface area contributed by atoms with Crippen molar-refractivity contribution in [3.63, 3.8) is 0 Å². The van der Waals surface area contributed by atoms with Crippen LogP contribution in [0.1, 0.15) is 28.4 Å². The highest BCUT2D eigenvalue weighted by Gasteiger charge is 2.39. The Kier molecular flexibility index (Phi) is 6.16. The van der Waals surface area contributed by atoms with E-state index in [0.717, 1.165) is 29.9 Å². The average Bonchev–Trinajstić information content (AvgIpc) is 3.12. The topological polar surface area (TPSA) is 75.9 Å². The van der Waals surface area contributed by atoms with Gasteiger partial charge in [0, 0.05) is 0 Å². The van der Waals surface area contributed by atoms with Crippen molar-refractivity contribution in [3.05, 3.63) is 39.8 Å². The minimum absolute atomic E-state index is 0.0744. The molecule has 0 bridgehead atoms. The van der Waals surface area contributed by atoms with E-state index in [2.05, 4.69) is 55.4 Å². The molecule has 2 heterocycles. The summed E-state index contributed by atoms with van der Waals surface area (Å²) in [6, 6.07) is 3.94. The van der Waals surface area contributed by atoms with Crippen molar-refractivity contribution in [2.24, 2.45) is 0 Å². The van der Waals surface area contributed by atoms with Crippen molar-refractivity contribution in [2.45, 2.75) is 19.3 Å². The van der Waals surface area contributed by atoms with Crippen molar-refractivity contribution in [1.82, 2.24) is 10.2 Å². The molecule has 1 aromatic carbocycles. The molecule has 1 aliphatic heterocycles. The minimum atomic E-state index is -0.606. The maximum atomic E-state index is 12.8. The van der Waals surface area contributed by atoms with Crippen molar-refractivity contribution >= 4 is 85.2 Å². The van der Waals surface area contributed by atoms with E-state index in [9.17, 15) is 4.79 Å². The fourth-order valence-electron chi connectivity index (χ4n) is 2.35. The van der Waals surface area contributed by atoms with Gasteiger partial charge in [-0.2, -0.15) is 0 Å². The Balaban J connectivity index is 1.93. The van der Waals surface area contributed by atoms with Gasteiger partial charge in [0.05, 0.1) is 24.2 Å². The van der Waals surface area contributed by atoms with Crippen LogP contribution in [0.2, 0.25) is 0 Å². The van der Waals surface area contributed by atoms with E-state index in [1.54, 1.807) is 7.11 Å². The number of carbonyl (C=O) groups excluding carboxylic acids is 1. The van der Waals surface area contributed by atoms with Crippen LogP contribution in [0.4, 0.5) is 0 Å². The summed E-state index contributed by atoms with van der Waals surface area (Å²) in [6.45, 7) is 2.00. The highest BCUT2D eigenvalue weighted by atomic mass is 127. The van der Waals surface area contributed by atoms with Crippen LogP contribution in [0, 0.1) is 12.5 Å². The summed E-state index contributed by atoms with van der Waals surface area (Å²) in [7, 11) is 1.65. The van der Waals surface area contributed by atoms with Gasteiger partial charge < -0.3 is 4.74 Å². The second kappa shape index (κ2) is 8.01. The number of methoxy groups -OCH3 is 1. The first-order chi connectivity index (χ1) is 11.9. The average molecular weight is 597 g/mol. The number of ether oxygens (including phenoxy) is 1. The Hall–Kier alpha value is -0.530. The van der Waals surface area contributed by atoms with E-state index < -0.39 is 5.92 Å². The molecule has 0 amide bonds. The van der Waals surface area contributed by atoms with E-state index in [1.807, 2.05) is 25.1 Å². The number of benzene rings is 1. The molecule has 3 rings (SSSR count). The molecular formula is C16H13I2N3O2S2. The summed E-state index contributed by atoms with van der Waals surface area (Å²) in [6.07, 6.45) is 2.62. The number of nitrogens with zero attached hydrogens (tertiary/aromatic N) is 2. The summed E-state index contributed by atoms with van der Waals surface area (Å²) in [5.74, 6) is 0.153. The number of aromatic nitrogens is 2. The van der Waals surface area contributed by atoms with Crippen LogP contribution < -0.4 is 4.74 Å². The van der Waals surface area contributed by atoms with E-state index in [-0.39, 0.29) is 5.78 Å². The molecule has 1 N–H and O–H groups in total. The van der Waals surface area contributed by atoms with Gasteiger partial charge in [0.15, 0.2) is 5.78 Å². The fraction of sp³-hybridized carbons (Fsp3) is 0.250. The second-order valence-electron chi connectivity index (χ2n) is 5.18. The first kappa shape index (κ1) is 19.2. The Morgan fingerprint density at radius 3 is 2.56 bits per heavy atom. The standard InChI is InChI=1S/C16H13I2N3O2S2/c1-3-11-20-21-16(25-11)12-13(22)10(24-15(12)19)6-7-4-8(17)14(23-2)9(18)5-7/h4-6,12,19H,3H2,1-2H3/b10-6-,19-15?/t12-/m1/s1. The normalized spacial score (nSPS) is 19.0. The molecule has 1 atom stereocenters. The van der Waals surface area contributed by atoms with E-state index >= 15 is 0 Å². The van der Waals surface area contributed by atoms with Crippen LogP contribution in [0.3, 0.4) is 0 Å². The third-order valence-electron chi connectivity index (χ3n) is 3.54.